The number of carbonyl (C=O) groups excluding carboxylic acids is 2. The summed E-state index contributed by atoms with van der Waals surface area (Å²) in [6.07, 6.45) is 4.32. The van der Waals surface area contributed by atoms with Gasteiger partial charge < -0.3 is 19.8 Å². The van der Waals surface area contributed by atoms with Crippen LogP contribution in [0.4, 0.5) is 0 Å². The van der Waals surface area contributed by atoms with Crippen molar-refractivity contribution in [2.75, 3.05) is 13.7 Å². The van der Waals surface area contributed by atoms with Crippen LogP contribution in [0.15, 0.2) is 52.0 Å². The van der Waals surface area contributed by atoms with E-state index in [0.717, 1.165) is 12.8 Å². The number of methoxy groups -OCH3 is 1. The van der Waals surface area contributed by atoms with E-state index in [1.165, 1.54) is 25.5 Å². The van der Waals surface area contributed by atoms with Gasteiger partial charge in [-0.15, -0.1) is 0 Å². The first kappa shape index (κ1) is 24.8. The van der Waals surface area contributed by atoms with Gasteiger partial charge in [0.15, 0.2) is 0 Å². The summed E-state index contributed by atoms with van der Waals surface area (Å²) >= 11 is 0. The Labute approximate surface area is 194 Å². The zero-order chi connectivity index (χ0) is 23.8. The number of hydrogen-bond acceptors (Lipinski definition) is 6. The fourth-order valence-electron chi connectivity index (χ4n) is 3.83. The Morgan fingerprint density at radius 2 is 1.82 bits per heavy atom. The molecule has 1 aliphatic carbocycles. The number of amides is 2. The monoisotopic (exact) mass is 477 g/mol. The molecule has 1 aromatic heterocycles. The third-order valence-electron chi connectivity index (χ3n) is 5.92. The van der Waals surface area contributed by atoms with Crippen molar-refractivity contribution in [1.82, 2.24) is 15.4 Å². The van der Waals surface area contributed by atoms with E-state index < -0.39 is 16.1 Å². The fraction of sp³-hybridized carbons (Fsp3) is 0.478. The van der Waals surface area contributed by atoms with Gasteiger partial charge >= 0.3 is 0 Å². The van der Waals surface area contributed by atoms with Crippen molar-refractivity contribution in [3.05, 3.63) is 48.4 Å². The van der Waals surface area contributed by atoms with E-state index in [0.29, 0.717) is 30.9 Å². The molecule has 0 bridgehead atoms. The van der Waals surface area contributed by atoms with Crippen molar-refractivity contribution in [2.45, 2.75) is 50.1 Å². The molecule has 33 heavy (non-hydrogen) atoms. The molecular weight excluding hydrogens is 446 g/mol. The maximum atomic E-state index is 12.6. The summed E-state index contributed by atoms with van der Waals surface area (Å²) in [6, 6.07) is 9.09. The maximum absolute atomic E-state index is 12.6. The molecular formula is C23H31N3O6S. The zero-order valence-corrected chi connectivity index (χ0v) is 19.7. The molecule has 3 rings (SSSR count). The van der Waals surface area contributed by atoms with Gasteiger partial charge in [0.25, 0.3) is 0 Å². The predicted octanol–water partition coefficient (Wildman–Crippen LogP) is 2.19. The molecule has 0 unspecified atom stereocenters. The van der Waals surface area contributed by atoms with E-state index in [4.69, 9.17) is 9.15 Å². The first-order valence-corrected chi connectivity index (χ1v) is 12.5. The maximum Gasteiger partial charge on any atom is 0.242 e. The molecule has 3 N–H and O–H groups in total. The number of carbonyl (C=O) groups is 2. The van der Waals surface area contributed by atoms with Crippen molar-refractivity contribution in [3.8, 4) is 5.75 Å². The normalized spacial score (nSPS) is 19.5. The molecule has 180 valence electrons. The highest BCUT2D eigenvalue weighted by Gasteiger charge is 2.29. The number of hydrogen-bond donors (Lipinski definition) is 3. The summed E-state index contributed by atoms with van der Waals surface area (Å²) in [7, 11) is -2.07. The van der Waals surface area contributed by atoms with Gasteiger partial charge in [0.05, 0.1) is 24.8 Å². The molecule has 2 aromatic rings. The van der Waals surface area contributed by atoms with Gasteiger partial charge in [-0.05, 0) is 74.9 Å². The highest BCUT2D eigenvalue weighted by atomic mass is 32.2. The van der Waals surface area contributed by atoms with E-state index in [1.54, 1.807) is 31.2 Å². The second-order valence-electron chi connectivity index (χ2n) is 8.27. The highest BCUT2D eigenvalue weighted by molar-refractivity contribution is 7.89. The Morgan fingerprint density at radius 1 is 1.12 bits per heavy atom. The summed E-state index contributed by atoms with van der Waals surface area (Å²) in [5.41, 5.74) is 0. The molecule has 10 heteroatoms. The standard InChI is InChI=1S/C23H31N3O6S/c1-16(22(27)24-15-20-4-3-13-32-20)26-23(28)18-7-5-17(6-8-18)14-25-33(29,30)21-11-9-19(31-2)10-12-21/h3-4,9-13,16-18,25H,5-8,14-15H2,1-2H3,(H,24,27)(H,26,28)/t16-,17?,18?/m0/s1. The minimum atomic E-state index is -3.60. The Kier molecular flexibility index (Phi) is 8.51. The van der Waals surface area contributed by atoms with Crippen LogP contribution in [-0.2, 0) is 26.2 Å². The molecule has 0 aliphatic heterocycles. The molecule has 2 amide bonds. The van der Waals surface area contributed by atoms with Crippen LogP contribution in [0, 0.1) is 11.8 Å². The second kappa shape index (κ2) is 11.3. The molecule has 0 saturated heterocycles. The van der Waals surface area contributed by atoms with Crippen LogP contribution in [0.25, 0.3) is 0 Å². The molecule has 1 atom stereocenters. The molecule has 1 saturated carbocycles. The molecule has 9 nitrogen and oxygen atoms in total. The van der Waals surface area contributed by atoms with Crippen LogP contribution in [0.5, 0.6) is 5.75 Å². The van der Waals surface area contributed by atoms with E-state index in [9.17, 15) is 18.0 Å². The Hall–Kier alpha value is -2.85. The Morgan fingerprint density at radius 3 is 2.42 bits per heavy atom. The SMILES string of the molecule is COc1ccc(S(=O)(=O)NCC2CCC(C(=O)N[C@@H](C)C(=O)NCc3ccco3)CC2)cc1. The fourth-order valence-corrected chi connectivity index (χ4v) is 4.95. The van der Waals surface area contributed by atoms with Gasteiger partial charge in [0.1, 0.15) is 17.6 Å². The molecule has 1 aliphatic rings. The number of sulfonamides is 1. The van der Waals surface area contributed by atoms with Crippen LogP contribution >= 0.6 is 0 Å². The summed E-state index contributed by atoms with van der Waals surface area (Å²) in [4.78, 5) is 25.0. The number of benzene rings is 1. The van der Waals surface area contributed by atoms with E-state index in [2.05, 4.69) is 15.4 Å². The summed E-state index contributed by atoms with van der Waals surface area (Å²) in [5, 5.41) is 5.51. The van der Waals surface area contributed by atoms with Crippen LogP contribution in [0.1, 0.15) is 38.4 Å². The average Bonchev–Trinajstić information content (AvgIpc) is 3.35. The van der Waals surface area contributed by atoms with Crippen LogP contribution in [-0.4, -0.2) is 39.9 Å². The first-order valence-electron chi connectivity index (χ1n) is 11.0. The summed E-state index contributed by atoms with van der Waals surface area (Å²) < 4.78 is 37.9. The molecule has 1 aromatic carbocycles. The number of rotatable bonds is 10. The lowest BCUT2D eigenvalue weighted by molar-refractivity contribution is -0.131. The first-order chi connectivity index (χ1) is 15.8. The molecule has 0 radical (unpaired) electrons. The lowest BCUT2D eigenvalue weighted by Gasteiger charge is -2.28. The lowest BCUT2D eigenvalue weighted by atomic mass is 9.81. The quantitative estimate of drug-likeness (QED) is 0.482. The number of nitrogens with one attached hydrogen (secondary N) is 3. The smallest absolute Gasteiger partial charge is 0.242 e. The third-order valence-corrected chi connectivity index (χ3v) is 7.36. The number of furan rings is 1. The number of ether oxygens (including phenoxy) is 1. The van der Waals surface area contributed by atoms with Crippen molar-refractivity contribution >= 4 is 21.8 Å². The topological polar surface area (TPSA) is 127 Å². The predicted molar refractivity (Wildman–Crippen MR) is 122 cm³/mol. The lowest BCUT2D eigenvalue weighted by Crippen LogP contribution is -2.47. The van der Waals surface area contributed by atoms with Gasteiger partial charge in [0, 0.05) is 12.5 Å². The van der Waals surface area contributed by atoms with Crippen molar-refractivity contribution in [2.24, 2.45) is 11.8 Å². The van der Waals surface area contributed by atoms with Gasteiger partial charge in [-0.1, -0.05) is 0 Å². The van der Waals surface area contributed by atoms with Crippen LogP contribution in [0.2, 0.25) is 0 Å². The van der Waals surface area contributed by atoms with Crippen LogP contribution < -0.4 is 20.1 Å². The third kappa shape index (κ3) is 7.06. The summed E-state index contributed by atoms with van der Waals surface area (Å²) in [5.74, 6) is 0.794. The molecule has 0 spiro atoms. The van der Waals surface area contributed by atoms with Gasteiger partial charge in [0.2, 0.25) is 21.8 Å². The van der Waals surface area contributed by atoms with E-state index in [1.807, 2.05) is 0 Å². The largest absolute Gasteiger partial charge is 0.497 e. The minimum absolute atomic E-state index is 0.145. The Bertz CT molecular complexity index is 1010. The minimum Gasteiger partial charge on any atom is -0.497 e. The van der Waals surface area contributed by atoms with Gasteiger partial charge in [-0.25, -0.2) is 13.1 Å². The van der Waals surface area contributed by atoms with Crippen LogP contribution in [0.3, 0.4) is 0 Å². The highest BCUT2D eigenvalue weighted by Crippen LogP contribution is 2.29. The van der Waals surface area contributed by atoms with Gasteiger partial charge in [-0.2, -0.15) is 0 Å². The second-order valence-corrected chi connectivity index (χ2v) is 10.0. The average molecular weight is 478 g/mol. The van der Waals surface area contributed by atoms with Crippen molar-refractivity contribution < 1.29 is 27.2 Å². The van der Waals surface area contributed by atoms with E-state index >= 15 is 0 Å². The van der Waals surface area contributed by atoms with Crippen molar-refractivity contribution in [1.29, 1.82) is 0 Å². The summed E-state index contributed by atoms with van der Waals surface area (Å²) in [6.45, 7) is 2.24. The Balaban J connectivity index is 1.39. The van der Waals surface area contributed by atoms with Crippen molar-refractivity contribution in [3.63, 3.8) is 0 Å². The van der Waals surface area contributed by atoms with Gasteiger partial charge in [-0.3, -0.25) is 9.59 Å². The molecule has 1 heterocycles. The zero-order valence-electron chi connectivity index (χ0n) is 18.9. The van der Waals surface area contributed by atoms with E-state index in [-0.39, 0.29) is 35.1 Å². The molecule has 1 fully saturated rings.